The van der Waals surface area contributed by atoms with E-state index in [4.69, 9.17) is 5.11 Å². The first kappa shape index (κ1) is 16.2. The van der Waals surface area contributed by atoms with E-state index >= 15 is 0 Å². The number of hydrogen-bond acceptors (Lipinski definition) is 3. The second-order valence-electron chi connectivity index (χ2n) is 6.26. The van der Waals surface area contributed by atoms with E-state index in [0.717, 1.165) is 42.8 Å². The first-order valence-electron chi connectivity index (χ1n) is 8.07. The van der Waals surface area contributed by atoms with Crippen molar-refractivity contribution in [2.45, 2.75) is 19.8 Å². The first-order chi connectivity index (χ1) is 11.5. The maximum Gasteiger partial charge on any atom is 0.335 e. The summed E-state index contributed by atoms with van der Waals surface area (Å²) in [7, 11) is 0. The molecule has 0 aliphatic carbocycles. The van der Waals surface area contributed by atoms with Crippen LogP contribution in [-0.2, 0) is 11.2 Å². The Bertz CT molecular complexity index is 755. The molecule has 2 aromatic rings. The SMILES string of the molecule is CC(=O)N1CC[C@@H](Cc2ccc(-c3cccc(C(=O)O)c3)nc2)C1. The lowest BCUT2D eigenvalue weighted by molar-refractivity contribution is -0.127. The van der Waals surface area contributed by atoms with Crippen molar-refractivity contribution in [3.63, 3.8) is 0 Å². The van der Waals surface area contributed by atoms with Crippen molar-refractivity contribution in [3.05, 3.63) is 53.7 Å². The molecule has 1 saturated heterocycles. The molecule has 24 heavy (non-hydrogen) atoms. The van der Waals surface area contributed by atoms with Gasteiger partial charge in [-0.3, -0.25) is 9.78 Å². The highest BCUT2D eigenvalue weighted by molar-refractivity contribution is 5.89. The molecular weight excluding hydrogens is 304 g/mol. The fourth-order valence-corrected chi connectivity index (χ4v) is 3.15. The van der Waals surface area contributed by atoms with E-state index in [-0.39, 0.29) is 11.5 Å². The zero-order valence-electron chi connectivity index (χ0n) is 13.6. The third-order valence-corrected chi connectivity index (χ3v) is 4.49. The summed E-state index contributed by atoms with van der Waals surface area (Å²) in [4.78, 5) is 28.8. The lowest BCUT2D eigenvalue weighted by Crippen LogP contribution is -2.26. The number of hydrogen-bond donors (Lipinski definition) is 1. The van der Waals surface area contributed by atoms with Crippen molar-refractivity contribution in [1.82, 2.24) is 9.88 Å². The van der Waals surface area contributed by atoms with Crippen LogP contribution in [0.5, 0.6) is 0 Å². The van der Waals surface area contributed by atoms with Crippen LogP contribution in [0, 0.1) is 5.92 Å². The van der Waals surface area contributed by atoms with Crippen LogP contribution in [0.4, 0.5) is 0 Å². The Balaban J connectivity index is 1.69. The van der Waals surface area contributed by atoms with Crippen LogP contribution in [0.3, 0.4) is 0 Å². The summed E-state index contributed by atoms with van der Waals surface area (Å²) in [5.74, 6) is -0.314. The molecule has 1 aliphatic heterocycles. The predicted molar refractivity (Wildman–Crippen MR) is 90.7 cm³/mol. The molecular formula is C19H20N2O3. The molecule has 3 rings (SSSR count). The van der Waals surface area contributed by atoms with Gasteiger partial charge >= 0.3 is 5.97 Å². The van der Waals surface area contributed by atoms with Crippen LogP contribution >= 0.6 is 0 Å². The third kappa shape index (κ3) is 3.62. The lowest BCUT2D eigenvalue weighted by Gasteiger charge is -2.14. The number of likely N-dealkylation sites (tertiary alicyclic amines) is 1. The minimum absolute atomic E-state index is 0.143. The van der Waals surface area contributed by atoms with Gasteiger partial charge in [0.15, 0.2) is 0 Å². The van der Waals surface area contributed by atoms with Gasteiger partial charge in [0.05, 0.1) is 11.3 Å². The number of aromatic nitrogens is 1. The zero-order chi connectivity index (χ0) is 17.1. The average molecular weight is 324 g/mol. The largest absolute Gasteiger partial charge is 0.478 e. The highest BCUT2D eigenvalue weighted by atomic mass is 16.4. The Labute approximate surface area is 140 Å². The quantitative estimate of drug-likeness (QED) is 0.939. The molecule has 1 aliphatic rings. The monoisotopic (exact) mass is 324 g/mol. The second kappa shape index (κ2) is 6.83. The summed E-state index contributed by atoms with van der Waals surface area (Å²) >= 11 is 0. The summed E-state index contributed by atoms with van der Waals surface area (Å²) in [6.45, 7) is 3.27. The van der Waals surface area contributed by atoms with E-state index in [0.29, 0.717) is 5.92 Å². The molecule has 1 aromatic heterocycles. The Morgan fingerprint density at radius 2 is 2.12 bits per heavy atom. The number of benzene rings is 1. The Kier molecular flexibility index (Phi) is 4.60. The fraction of sp³-hybridized carbons (Fsp3) is 0.316. The normalized spacial score (nSPS) is 17.0. The van der Waals surface area contributed by atoms with Gasteiger partial charge in [0.1, 0.15) is 0 Å². The van der Waals surface area contributed by atoms with Gasteiger partial charge in [-0.1, -0.05) is 18.2 Å². The van der Waals surface area contributed by atoms with Crippen LogP contribution in [-0.4, -0.2) is 40.0 Å². The van der Waals surface area contributed by atoms with E-state index in [2.05, 4.69) is 4.98 Å². The van der Waals surface area contributed by atoms with E-state index < -0.39 is 5.97 Å². The number of amides is 1. The van der Waals surface area contributed by atoms with Crippen molar-refractivity contribution in [1.29, 1.82) is 0 Å². The maximum atomic E-state index is 11.4. The van der Waals surface area contributed by atoms with Gasteiger partial charge in [-0.25, -0.2) is 4.79 Å². The number of nitrogens with zero attached hydrogens (tertiary/aromatic N) is 2. The van der Waals surface area contributed by atoms with E-state index in [1.165, 1.54) is 0 Å². The van der Waals surface area contributed by atoms with Crippen LogP contribution in [0.15, 0.2) is 42.6 Å². The Morgan fingerprint density at radius 3 is 2.75 bits per heavy atom. The smallest absolute Gasteiger partial charge is 0.335 e. The summed E-state index contributed by atoms with van der Waals surface area (Å²) in [5.41, 5.74) is 2.96. The second-order valence-corrected chi connectivity index (χ2v) is 6.26. The van der Waals surface area contributed by atoms with Gasteiger partial charge < -0.3 is 10.0 Å². The fourth-order valence-electron chi connectivity index (χ4n) is 3.15. The molecule has 1 fully saturated rings. The topological polar surface area (TPSA) is 70.5 Å². The third-order valence-electron chi connectivity index (χ3n) is 4.49. The van der Waals surface area contributed by atoms with Crippen LogP contribution in [0.1, 0.15) is 29.3 Å². The summed E-state index contributed by atoms with van der Waals surface area (Å²) in [5, 5.41) is 9.07. The molecule has 124 valence electrons. The molecule has 1 N–H and O–H groups in total. The molecule has 1 amide bonds. The minimum atomic E-state index is -0.940. The zero-order valence-corrected chi connectivity index (χ0v) is 13.6. The molecule has 0 saturated carbocycles. The van der Waals surface area contributed by atoms with E-state index in [1.807, 2.05) is 29.3 Å². The van der Waals surface area contributed by atoms with E-state index in [9.17, 15) is 9.59 Å². The highest BCUT2D eigenvalue weighted by Gasteiger charge is 2.24. The van der Waals surface area contributed by atoms with Crippen molar-refractivity contribution >= 4 is 11.9 Å². The molecule has 5 nitrogen and oxygen atoms in total. The van der Waals surface area contributed by atoms with Crippen molar-refractivity contribution in [3.8, 4) is 11.3 Å². The summed E-state index contributed by atoms with van der Waals surface area (Å²) in [6.07, 6.45) is 3.79. The van der Waals surface area contributed by atoms with Crippen molar-refractivity contribution in [2.24, 2.45) is 5.92 Å². The standard InChI is InChI=1S/C19H20N2O3/c1-13(22)21-8-7-15(12-21)9-14-5-6-18(20-11-14)16-3-2-4-17(10-16)19(23)24/h2-6,10-11,15H,7-9,12H2,1H3,(H,23,24)/t15-/m0/s1. The number of carbonyl (C=O) groups is 2. The van der Waals surface area contributed by atoms with Gasteiger partial charge in [-0.15, -0.1) is 0 Å². The van der Waals surface area contributed by atoms with Crippen LogP contribution < -0.4 is 0 Å². The average Bonchev–Trinajstić information content (AvgIpc) is 3.04. The number of carboxylic acids is 1. The molecule has 2 heterocycles. The van der Waals surface area contributed by atoms with Crippen LogP contribution in [0.25, 0.3) is 11.3 Å². The molecule has 1 aromatic carbocycles. The van der Waals surface area contributed by atoms with Crippen LogP contribution in [0.2, 0.25) is 0 Å². The van der Waals surface area contributed by atoms with Crippen molar-refractivity contribution in [2.75, 3.05) is 13.1 Å². The number of rotatable bonds is 4. The summed E-state index contributed by atoms with van der Waals surface area (Å²) in [6, 6.07) is 10.7. The summed E-state index contributed by atoms with van der Waals surface area (Å²) < 4.78 is 0. The molecule has 0 spiro atoms. The minimum Gasteiger partial charge on any atom is -0.478 e. The van der Waals surface area contributed by atoms with Crippen molar-refractivity contribution < 1.29 is 14.7 Å². The number of pyridine rings is 1. The molecule has 0 radical (unpaired) electrons. The van der Waals surface area contributed by atoms with Gasteiger partial charge in [-0.05, 0) is 42.5 Å². The molecule has 1 atom stereocenters. The molecule has 0 unspecified atom stereocenters. The van der Waals surface area contributed by atoms with Gasteiger partial charge in [0, 0.05) is 31.8 Å². The van der Waals surface area contributed by atoms with Gasteiger partial charge in [0.2, 0.25) is 5.91 Å². The lowest BCUT2D eigenvalue weighted by atomic mass is 9.99. The number of aromatic carboxylic acids is 1. The molecule has 0 bridgehead atoms. The highest BCUT2D eigenvalue weighted by Crippen LogP contribution is 2.23. The number of carboxylic acid groups (broad SMARTS) is 1. The maximum absolute atomic E-state index is 11.4. The molecule has 5 heteroatoms. The predicted octanol–water partition coefficient (Wildman–Crippen LogP) is 2.86. The van der Waals surface area contributed by atoms with E-state index in [1.54, 1.807) is 25.1 Å². The Hall–Kier alpha value is -2.69. The number of carbonyl (C=O) groups excluding carboxylic acids is 1. The first-order valence-corrected chi connectivity index (χ1v) is 8.07. The van der Waals surface area contributed by atoms with Gasteiger partial charge in [0.25, 0.3) is 0 Å². The van der Waals surface area contributed by atoms with Gasteiger partial charge in [-0.2, -0.15) is 0 Å². The Morgan fingerprint density at radius 1 is 1.29 bits per heavy atom.